The highest BCUT2D eigenvalue weighted by molar-refractivity contribution is 5.89. The first-order valence-corrected chi connectivity index (χ1v) is 4.46. The van der Waals surface area contributed by atoms with Gasteiger partial charge in [0.25, 0.3) is 0 Å². The lowest BCUT2D eigenvalue weighted by Gasteiger charge is -2.20. The van der Waals surface area contributed by atoms with Gasteiger partial charge in [-0.3, -0.25) is 4.99 Å². The van der Waals surface area contributed by atoms with E-state index in [9.17, 15) is 0 Å². The van der Waals surface area contributed by atoms with E-state index in [1.54, 1.807) is 6.20 Å². The van der Waals surface area contributed by atoms with Crippen LogP contribution in [0.2, 0.25) is 0 Å². The predicted molar refractivity (Wildman–Crippen MR) is 55.1 cm³/mol. The van der Waals surface area contributed by atoms with E-state index in [0.29, 0.717) is 0 Å². The van der Waals surface area contributed by atoms with Crippen molar-refractivity contribution in [3.05, 3.63) is 12.4 Å². The van der Waals surface area contributed by atoms with Crippen molar-refractivity contribution in [3.63, 3.8) is 0 Å². The smallest absolute Gasteiger partial charge is 0.0422 e. The third-order valence-electron chi connectivity index (χ3n) is 1.67. The Balaban J connectivity index is 4.43. The second-order valence-electron chi connectivity index (χ2n) is 3.92. The zero-order valence-electron chi connectivity index (χ0n) is 8.59. The Morgan fingerprint density at radius 3 is 2.33 bits per heavy atom. The molecule has 0 aromatic heterocycles. The molecule has 0 rings (SSSR count). The molecule has 0 saturated carbocycles. The molecule has 0 saturated heterocycles. The van der Waals surface area contributed by atoms with E-state index in [1.807, 2.05) is 0 Å². The van der Waals surface area contributed by atoms with Gasteiger partial charge in [-0.15, -0.1) is 0 Å². The highest BCUT2D eigenvalue weighted by Crippen LogP contribution is 2.19. The van der Waals surface area contributed by atoms with Crippen molar-refractivity contribution in [2.75, 3.05) is 0 Å². The van der Waals surface area contributed by atoms with Crippen LogP contribution in [0.15, 0.2) is 17.4 Å². The van der Waals surface area contributed by atoms with Crippen molar-refractivity contribution < 1.29 is 0 Å². The van der Waals surface area contributed by atoms with E-state index >= 15 is 0 Å². The van der Waals surface area contributed by atoms with Gasteiger partial charge < -0.3 is 5.73 Å². The van der Waals surface area contributed by atoms with Crippen molar-refractivity contribution in [2.24, 2.45) is 16.1 Å². The first kappa shape index (κ1) is 11.2. The molecule has 0 atom stereocenters. The fourth-order valence-corrected chi connectivity index (χ4v) is 1.00. The molecule has 0 fully saturated rings. The van der Waals surface area contributed by atoms with Gasteiger partial charge in [-0.2, -0.15) is 0 Å². The number of rotatable bonds is 3. The Bertz CT molecular complexity index is 173. The fraction of sp³-hybridized carbons (Fsp3) is 0.700. The maximum Gasteiger partial charge on any atom is 0.0422 e. The van der Waals surface area contributed by atoms with Gasteiger partial charge >= 0.3 is 0 Å². The topological polar surface area (TPSA) is 38.4 Å². The summed E-state index contributed by atoms with van der Waals surface area (Å²) in [6, 6.07) is 0. The largest absolute Gasteiger partial charge is 0.403 e. The molecule has 0 aliphatic heterocycles. The third kappa shape index (κ3) is 4.16. The predicted octanol–water partition coefficient (Wildman–Crippen LogP) is 2.70. The summed E-state index contributed by atoms with van der Waals surface area (Å²) < 4.78 is 0. The first-order chi connectivity index (χ1) is 5.52. The van der Waals surface area contributed by atoms with Crippen LogP contribution in [0.1, 0.15) is 40.5 Å². The number of hydrogen-bond acceptors (Lipinski definition) is 2. The van der Waals surface area contributed by atoms with Gasteiger partial charge in [0.1, 0.15) is 0 Å². The van der Waals surface area contributed by atoms with Crippen molar-refractivity contribution in [3.8, 4) is 0 Å². The summed E-state index contributed by atoms with van der Waals surface area (Å²) in [7, 11) is 0. The highest BCUT2D eigenvalue weighted by Gasteiger charge is 2.16. The lowest BCUT2D eigenvalue weighted by atomic mass is 9.87. The van der Waals surface area contributed by atoms with E-state index in [-0.39, 0.29) is 5.41 Å². The highest BCUT2D eigenvalue weighted by atomic mass is 14.7. The zero-order valence-corrected chi connectivity index (χ0v) is 8.59. The van der Waals surface area contributed by atoms with Gasteiger partial charge in [-0.1, -0.05) is 34.1 Å². The molecule has 0 spiro atoms. The van der Waals surface area contributed by atoms with Crippen LogP contribution in [-0.4, -0.2) is 5.71 Å². The van der Waals surface area contributed by atoms with Crippen molar-refractivity contribution in [2.45, 2.75) is 40.5 Å². The van der Waals surface area contributed by atoms with Gasteiger partial charge in [0.15, 0.2) is 0 Å². The fourth-order valence-electron chi connectivity index (χ4n) is 1.00. The minimum absolute atomic E-state index is 0.162. The monoisotopic (exact) mass is 168 g/mol. The lowest BCUT2D eigenvalue weighted by molar-refractivity contribution is 0.575. The van der Waals surface area contributed by atoms with Crippen molar-refractivity contribution >= 4 is 5.71 Å². The van der Waals surface area contributed by atoms with Crippen LogP contribution in [0.3, 0.4) is 0 Å². The number of aliphatic imine (C=N–C) groups is 1. The zero-order chi connectivity index (χ0) is 9.61. The SMILES string of the molecule is CCC/C(=N\C=C/N)C(C)(C)C. The van der Waals surface area contributed by atoms with Crippen LogP contribution in [0.25, 0.3) is 0 Å². The van der Waals surface area contributed by atoms with Gasteiger partial charge in [0, 0.05) is 23.5 Å². The molecule has 0 aliphatic carbocycles. The summed E-state index contributed by atoms with van der Waals surface area (Å²) >= 11 is 0. The lowest BCUT2D eigenvalue weighted by Crippen LogP contribution is -2.19. The van der Waals surface area contributed by atoms with E-state index in [2.05, 4.69) is 32.7 Å². The molecule has 12 heavy (non-hydrogen) atoms. The molecule has 0 radical (unpaired) electrons. The Labute approximate surface area is 75.6 Å². The van der Waals surface area contributed by atoms with Crippen LogP contribution < -0.4 is 5.73 Å². The molecule has 0 unspecified atom stereocenters. The molecule has 0 bridgehead atoms. The van der Waals surface area contributed by atoms with E-state index < -0.39 is 0 Å². The van der Waals surface area contributed by atoms with Crippen molar-refractivity contribution in [1.29, 1.82) is 0 Å². The minimum Gasteiger partial charge on any atom is -0.403 e. The third-order valence-corrected chi connectivity index (χ3v) is 1.67. The summed E-state index contributed by atoms with van der Waals surface area (Å²) in [5.41, 5.74) is 6.61. The van der Waals surface area contributed by atoms with Crippen LogP contribution in [0, 0.1) is 5.41 Å². The van der Waals surface area contributed by atoms with Gasteiger partial charge in [-0.25, -0.2) is 0 Å². The number of hydrogen-bond donors (Lipinski definition) is 1. The molecular formula is C10H20N2. The van der Waals surface area contributed by atoms with E-state index in [0.717, 1.165) is 12.8 Å². The minimum atomic E-state index is 0.162. The molecule has 2 heteroatoms. The quantitative estimate of drug-likeness (QED) is 0.646. The molecule has 2 nitrogen and oxygen atoms in total. The van der Waals surface area contributed by atoms with Gasteiger partial charge in [0.2, 0.25) is 0 Å². The molecule has 70 valence electrons. The number of nitrogens with zero attached hydrogens (tertiary/aromatic N) is 1. The molecule has 0 amide bonds. The summed E-state index contributed by atoms with van der Waals surface area (Å²) in [5, 5.41) is 0. The van der Waals surface area contributed by atoms with Crippen LogP contribution in [0.4, 0.5) is 0 Å². The second-order valence-corrected chi connectivity index (χ2v) is 3.92. The average Bonchev–Trinajstić information content (AvgIpc) is 1.95. The molecule has 0 aromatic rings. The Morgan fingerprint density at radius 2 is 2.00 bits per heavy atom. The summed E-state index contributed by atoms with van der Waals surface area (Å²) in [6.07, 6.45) is 5.32. The molecule has 0 heterocycles. The Hall–Kier alpha value is -0.790. The first-order valence-electron chi connectivity index (χ1n) is 4.46. The number of nitrogens with two attached hydrogens (primary N) is 1. The van der Waals surface area contributed by atoms with E-state index in [1.165, 1.54) is 11.9 Å². The maximum absolute atomic E-state index is 5.23. The van der Waals surface area contributed by atoms with Gasteiger partial charge in [0.05, 0.1) is 0 Å². The normalized spacial score (nSPS) is 14.2. The van der Waals surface area contributed by atoms with Crippen LogP contribution in [0.5, 0.6) is 0 Å². The van der Waals surface area contributed by atoms with Gasteiger partial charge in [-0.05, 0) is 6.42 Å². The molecule has 0 aromatic carbocycles. The van der Waals surface area contributed by atoms with Crippen molar-refractivity contribution in [1.82, 2.24) is 0 Å². The summed E-state index contributed by atoms with van der Waals surface area (Å²) in [6.45, 7) is 8.68. The second kappa shape index (κ2) is 4.96. The Morgan fingerprint density at radius 1 is 1.42 bits per heavy atom. The van der Waals surface area contributed by atoms with E-state index in [4.69, 9.17) is 5.73 Å². The standard InChI is InChI=1S/C10H20N2/c1-5-6-9(10(2,3)4)12-8-7-11/h7-8H,5-6,11H2,1-4H3/b8-7-,12-9+. The molecule has 2 N–H and O–H groups in total. The maximum atomic E-state index is 5.23. The molecule has 0 aliphatic rings. The summed E-state index contributed by atoms with van der Waals surface area (Å²) in [5.74, 6) is 0. The van der Waals surface area contributed by atoms with Crippen LogP contribution >= 0.6 is 0 Å². The summed E-state index contributed by atoms with van der Waals surface area (Å²) in [4.78, 5) is 4.31. The van der Waals surface area contributed by atoms with Crippen LogP contribution in [-0.2, 0) is 0 Å². The average molecular weight is 168 g/mol. The Kier molecular flexibility index (Phi) is 4.64. The molecular weight excluding hydrogens is 148 g/mol.